The summed E-state index contributed by atoms with van der Waals surface area (Å²) in [6, 6.07) is 17.9. The van der Waals surface area contributed by atoms with Crippen LogP contribution in [0.4, 0.5) is 5.69 Å². The van der Waals surface area contributed by atoms with E-state index in [0.717, 1.165) is 17.7 Å². The Kier molecular flexibility index (Phi) is 5.37. The first-order valence-corrected chi connectivity index (χ1v) is 8.59. The molecule has 0 bridgehead atoms. The van der Waals surface area contributed by atoms with Gasteiger partial charge in [0.1, 0.15) is 0 Å². The maximum atomic E-state index is 12.5. The third kappa shape index (κ3) is 4.42. The highest BCUT2D eigenvalue weighted by Gasteiger charge is 2.24. The Morgan fingerprint density at radius 1 is 1.05 bits per heavy atom. The van der Waals surface area contributed by atoms with Gasteiger partial charge in [-0.05, 0) is 44.4 Å². The fourth-order valence-corrected chi connectivity index (χ4v) is 3.02. The Morgan fingerprint density at radius 3 is 2.23 bits per heavy atom. The zero-order valence-corrected chi connectivity index (χ0v) is 14.2. The Labute approximate surface area is 135 Å². The molecule has 0 aliphatic carbocycles. The van der Waals surface area contributed by atoms with Gasteiger partial charge in [0, 0.05) is 5.69 Å². The number of rotatable bonds is 5. The van der Waals surface area contributed by atoms with Crippen molar-refractivity contribution in [1.29, 1.82) is 0 Å². The third-order valence-electron chi connectivity index (χ3n) is 3.46. The van der Waals surface area contributed by atoms with Crippen molar-refractivity contribution < 1.29 is 4.21 Å². The van der Waals surface area contributed by atoms with Gasteiger partial charge in [-0.2, -0.15) is 0 Å². The Bertz CT molecular complexity index is 635. The second kappa shape index (κ2) is 7.07. The third-order valence-corrected chi connectivity index (χ3v) is 5.07. The number of nitrogens with two attached hydrogens (primary N) is 1. The monoisotopic (exact) mass is 316 g/mol. The first kappa shape index (κ1) is 16.7. The van der Waals surface area contributed by atoms with Crippen LogP contribution in [0.5, 0.6) is 0 Å². The van der Waals surface area contributed by atoms with Crippen LogP contribution in [0.25, 0.3) is 0 Å². The van der Waals surface area contributed by atoms with E-state index in [4.69, 9.17) is 5.73 Å². The average Bonchev–Trinajstić information content (AvgIpc) is 2.47. The highest BCUT2D eigenvalue weighted by Crippen LogP contribution is 2.25. The molecule has 3 nitrogen and oxygen atoms in total. The van der Waals surface area contributed by atoms with Gasteiger partial charge in [-0.3, -0.25) is 0 Å². The maximum absolute atomic E-state index is 12.5. The van der Waals surface area contributed by atoms with Crippen LogP contribution >= 0.6 is 0 Å². The minimum Gasteiger partial charge on any atom is -0.398 e. The van der Waals surface area contributed by atoms with Crippen molar-refractivity contribution in [3.05, 3.63) is 65.7 Å². The standard InChI is InChI=1S/C18H24N2OS/c1-18(2,3)22(21)20-17(13-14-9-5-4-6-10-14)15-11-7-8-12-16(15)19/h4-12,17,20H,13,19H2,1-3H3/t17-,22-/m1/s1. The summed E-state index contributed by atoms with van der Waals surface area (Å²) in [5.74, 6) is 0. The van der Waals surface area contributed by atoms with Crippen molar-refractivity contribution >= 4 is 16.7 Å². The van der Waals surface area contributed by atoms with Gasteiger partial charge in [0.2, 0.25) is 0 Å². The molecule has 0 aliphatic heterocycles. The van der Waals surface area contributed by atoms with Gasteiger partial charge in [0.25, 0.3) is 0 Å². The van der Waals surface area contributed by atoms with Crippen molar-refractivity contribution in [2.75, 3.05) is 5.73 Å². The first-order chi connectivity index (χ1) is 10.4. The zero-order valence-electron chi connectivity index (χ0n) is 13.4. The minimum atomic E-state index is -1.16. The van der Waals surface area contributed by atoms with Crippen molar-refractivity contribution in [2.24, 2.45) is 0 Å². The summed E-state index contributed by atoms with van der Waals surface area (Å²) in [6.07, 6.45) is 0.747. The lowest BCUT2D eigenvalue weighted by Crippen LogP contribution is -2.36. The molecule has 4 heteroatoms. The maximum Gasteiger partial charge on any atom is 0.0976 e. The number of para-hydroxylation sites is 1. The van der Waals surface area contributed by atoms with E-state index in [1.54, 1.807) is 0 Å². The molecule has 22 heavy (non-hydrogen) atoms. The van der Waals surface area contributed by atoms with E-state index in [9.17, 15) is 4.21 Å². The second-order valence-corrected chi connectivity index (χ2v) is 8.37. The lowest BCUT2D eigenvalue weighted by molar-refractivity contribution is 0.597. The average molecular weight is 316 g/mol. The molecule has 3 N–H and O–H groups in total. The summed E-state index contributed by atoms with van der Waals surface area (Å²) in [6.45, 7) is 5.89. The zero-order chi connectivity index (χ0) is 16.2. The molecule has 0 amide bonds. The lowest BCUT2D eigenvalue weighted by atomic mass is 9.98. The SMILES string of the molecule is CC(C)(C)[S@@](=O)N[C@H](Cc1ccccc1)c1ccccc1N. The molecule has 2 rings (SSSR count). The molecule has 0 fully saturated rings. The van der Waals surface area contributed by atoms with Crippen LogP contribution in [0.1, 0.15) is 37.9 Å². The molecule has 0 saturated heterocycles. The normalized spacial score (nSPS) is 14.5. The van der Waals surface area contributed by atoms with Gasteiger partial charge in [0.15, 0.2) is 0 Å². The molecule has 2 aromatic rings. The highest BCUT2D eigenvalue weighted by atomic mass is 32.2. The van der Waals surface area contributed by atoms with Gasteiger partial charge in [0.05, 0.1) is 21.8 Å². The summed E-state index contributed by atoms with van der Waals surface area (Å²) in [5.41, 5.74) is 9.02. The number of hydrogen-bond acceptors (Lipinski definition) is 2. The molecule has 2 atom stereocenters. The first-order valence-electron chi connectivity index (χ1n) is 7.44. The smallest absolute Gasteiger partial charge is 0.0976 e. The fraction of sp³-hybridized carbons (Fsp3) is 0.333. The number of nitrogens with one attached hydrogen (secondary N) is 1. The number of benzene rings is 2. The van der Waals surface area contributed by atoms with E-state index >= 15 is 0 Å². The van der Waals surface area contributed by atoms with E-state index in [-0.39, 0.29) is 10.8 Å². The molecule has 0 saturated carbocycles. The van der Waals surface area contributed by atoms with Gasteiger partial charge in [-0.15, -0.1) is 0 Å². The van der Waals surface area contributed by atoms with Crippen LogP contribution < -0.4 is 10.5 Å². The topological polar surface area (TPSA) is 55.1 Å². The van der Waals surface area contributed by atoms with Gasteiger partial charge in [-0.25, -0.2) is 8.93 Å². The molecule has 0 unspecified atom stereocenters. The quantitative estimate of drug-likeness (QED) is 0.828. The van der Waals surface area contributed by atoms with Crippen molar-refractivity contribution in [3.63, 3.8) is 0 Å². The summed E-state index contributed by atoms with van der Waals surface area (Å²) >= 11 is 0. The molecular weight excluding hydrogens is 292 g/mol. The lowest BCUT2D eigenvalue weighted by Gasteiger charge is -2.25. The Balaban J connectivity index is 2.29. The van der Waals surface area contributed by atoms with Crippen molar-refractivity contribution in [2.45, 2.75) is 38.0 Å². The molecule has 118 valence electrons. The van der Waals surface area contributed by atoms with Crippen LogP contribution in [0, 0.1) is 0 Å². The number of nitrogen functional groups attached to an aromatic ring is 1. The van der Waals surface area contributed by atoms with E-state index in [1.165, 1.54) is 5.56 Å². The predicted octanol–water partition coefficient (Wildman–Crippen LogP) is 3.60. The molecular formula is C18H24N2OS. The van der Waals surface area contributed by atoms with Crippen LogP contribution in [-0.4, -0.2) is 8.96 Å². The van der Waals surface area contributed by atoms with Crippen molar-refractivity contribution in [3.8, 4) is 0 Å². The molecule has 0 heterocycles. The molecule has 0 radical (unpaired) electrons. The van der Waals surface area contributed by atoms with Crippen LogP contribution in [-0.2, 0) is 17.4 Å². The van der Waals surface area contributed by atoms with Gasteiger partial charge < -0.3 is 5.73 Å². The fourth-order valence-electron chi connectivity index (χ4n) is 2.20. The Morgan fingerprint density at radius 2 is 1.64 bits per heavy atom. The Hall–Kier alpha value is -1.65. The molecule has 0 aliphatic rings. The van der Waals surface area contributed by atoms with E-state index < -0.39 is 11.0 Å². The molecule has 0 aromatic heterocycles. The summed E-state index contributed by atoms with van der Waals surface area (Å²) in [4.78, 5) is 0. The van der Waals surface area contributed by atoms with Gasteiger partial charge >= 0.3 is 0 Å². The molecule has 0 spiro atoms. The summed E-state index contributed by atoms with van der Waals surface area (Å²) in [5, 5.41) is 0. The van der Waals surface area contributed by atoms with E-state index in [1.807, 2.05) is 63.2 Å². The summed E-state index contributed by atoms with van der Waals surface area (Å²) in [7, 11) is -1.16. The number of hydrogen-bond donors (Lipinski definition) is 2. The predicted molar refractivity (Wildman–Crippen MR) is 94.8 cm³/mol. The number of anilines is 1. The van der Waals surface area contributed by atoms with Crippen molar-refractivity contribution in [1.82, 2.24) is 4.72 Å². The van der Waals surface area contributed by atoms with Crippen LogP contribution in [0.3, 0.4) is 0 Å². The van der Waals surface area contributed by atoms with Gasteiger partial charge in [-0.1, -0.05) is 48.5 Å². The van der Waals surface area contributed by atoms with Crippen LogP contribution in [0.2, 0.25) is 0 Å². The second-order valence-electron chi connectivity index (χ2n) is 6.37. The van der Waals surface area contributed by atoms with E-state index in [0.29, 0.717) is 0 Å². The largest absolute Gasteiger partial charge is 0.398 e. The highest BCUT2D eigenvalue weighted by molar-refractivity contribution is 7.84. The van der Waals surface area contributed by atoms with E-state index in [2.05, 4.69) is 16.9 Å². The minimum absolute atomic E-state index is 0.0799. The summed E-state index contributed by atoms with van der Waals surface area (Å²) < 4.78 is 15.4. The van der Waals surface area contributed by atoms with Crippen LogP contribution in [0.15, 0.2) is 54.6 Å². The molecule has 2 aromatic carbocycles.